The molecule has 0 spiro atoms. The fourth-order valence-electron chi connectivity index (χ4n) is 1.91. The van der Waals surface area contributed by atoms with Gasteiger partial charge in [-0.2, -0.15) is 0 Å². The third kappa shape index (κ3) is 2.49. The molecule has 2 rings (SSSR count). The van der Waals surface area contributed by atoms with E-state index in [1.807, 2.05) is 19.1 Å². The molecule has 1 N–H and O–H groups in total. The molecule has 1 saturated carbocycles. The monoisotopic (exact) mass is 237 g/mol. The van der Waals surface area contributed by atoms with Gasteiger partial charge in [0.1, 0.15) is 11.5 Å². The molecule has 0 aliphatic heterocycles. The van der Waals surface area contributed by atoms with Gasteiger partial charge in [-0.05, 0) is 25.5 Å². The highest BCUT2D eigenvalue weighted by Crippen LogP contribution is 2.40. The average molecular weight is 237 g/mol. The summed E-state index contributed by atoms with van der Waals surface area (Å²) in [5, 5.41) is 8.76. The zero-order valence-corrected chi connectivity index (χ0v) is 9.84. The van der Waals surface area contributed by atoms with E-state index >= 15 is 0 Å². The Labute approximate surface area is 99.0 Å². The van der Waals surface area contributed by atoms with Crippen molar-refractivity contribution in [3.8, 4) is 0 Å². The van der Waals surface area contributed by atoms with E-state index in [0.29, 0.717) is 18.7 Å². The Bertz CT molecular complexity index is 451. The number of hydrogen-bond donors (Lipinski definition) is 1. The second-order valence-corrected chi connectivity index (χ2v) is 4.49. The minimum Gasteiger partial charge on any atom is -0.481 e. The van der Waals surface area contributed by atoms with Crippen LogP contribution in [0.2, 0.25) is 0 Å². The lowest BCUT2D eigenvalue weighted by Crippen LogP contribution is -2.28. The van der Waals surface area contributed by atoms with Crippen LogP contribution in [0.15, 0.2) is 16.5 Å². The molecule has 0 aromatic carbocycles. The number of aryl methyl sites for hydroxylation is 1. The van der Waals surface area contributed by atoms with Gasteiger partial charge in [0.2, 0.25) is 5.91 Å². The van der Waals surface area contributed by atoms with Gasteiger partial charge in [0, 0.05) is 7.05 Å². The number of amides is 1. The van der Waals surface area contributed by atoms with Gasteiger partial charge in [-0.15, -0.1) is 0 Å². The van der Waals surface area contributed by atoms with Crippen LogP contribution in [-0.4, -0.2) is 28.9 Å². The molecule has 1 heterocycles. The summed E-state index contributed by atoms with van der Waals surface area (Å²) in [5.74, 6) is -0.338. The van der Waals surface area contributed by atoms with Crippen LogP contribution in [-0.2, 0) is 16.1 Å². The topological polar surface area (TPSA) is 70.8 Å². The van der Waals surface area contributed by atoms with Crippen molar-refractivity contribution in [1.82, 2.24) is 4.90 Å². The summed E-state index contributed by atoms with van der Waals surface area (Å²) in [6, 6.07) is 3.66. The average Bonchev–Trinajstić information content (AvgIpc) is 2.96. The van der Waals surface area contributed by atoms with Gasteiger partial charge in [-0.1, -0.05) is 0 Å². The SMILES string of the molecule is Cc1ccc(CN(C)C(=O)[C@@H]2C[C@@H]2C(=O)O)o1. The van der Waals surface area contributed by atoms with Crippen LogP contribution in [0.4, 0.5) is 0 Å². The van der Waals surface area contributed by atoms with E-state index in [4.69, 9.17) is 9.52 Å². The highest BCUT2D eigenvalue weighted by Gasteiger charge is 2.49. The van der Waals surface area contributed by atoms with Crippen molar-refractivity contribution in [3.05, 3.63) is 23.7 Å². The van der Waals surface area contributed by atoms with E-state index in [1.165, 1.54) is 4.90 Å². The van der Waals surface area contributed by atoms with Crippen molar-refractivity contribution in [3.63, 3.8) is 0 Å². The van der Waals surface area contributed by atoms with Crippen molar-refractivity contribution < 1.29 is 19.1 Å². The predicted molar refractivity (Wildman–Crippen MR) is 59.2 cm³/mol. The number of hydrogen-bond acceptors (Lipinski definition) is 3. The van der Waals surface area contributed by atoms with Crippen LogP contribution >= 0.6 is 0 Å². The number of furan rings is 1. The summed E-state index contributed by atoms with van der Waals surface area (Å²) in [5.41, 5.74) is 0. The molecule has 1 fully saturated rings. The molecular formula is C12H15NO4. The van der Waals surface area contributed by atoms with Crippen LogP contribution in [0, 0.1) is 18.8 Å². The molecule has 5 nitrogen and oxygen atoms in total. The van der Waals surface area contributed by atoms with Gasteiger partial charge < -0.3 is 14.4 Å². The summed E-state index contributed by atoms with van der Waals surface area (Å²) in [6.07, 6.45) is 0.454. The van der Waals surface area contributed by atoms with Gasteiger partial charge >= 0.3 is 5.97 Å². The van der Waals surface area contributed by atoms with E-state index in [9.17, 15) is 9.59 Å². The fraction of sp³-hybridized carbons (Fsp3) is 0.500. The number of carbonyl (C=O) groups excluding carboxylic acids is 1. The zero-order valence-electron chi connectivity index (χ0n) is 9.84. The lowest BCUT2D eigenvalue weighted by molar-refractivity contribution is -0.141. The van der Waals surface area contributed by atoms with Crippen LogP contribution in [0.5, 0.6) is 0 Å². The maximum atomic E-state index is 11.9. The predicted octanol–water partition coefficient (Wildman–Crippen LogP) is 1.27. The molecule has 1 aliphatic rings. The van der Waals surface area contributed by atoms with Crippen molar-refractivity contribution >= 4 is 11.9 Å². The van der Waals surface area contributed by atoms with Crippen LogP contribution < -0.4 is 0 Å². The van der Waals surface area contributed by atoms with Crippen molar-refractivity contribution in [1.29, 1.82) is 0 Å². The van der Waals surface area contributed by atoms with Crippen molar-refractivity contribution in [2.45, 2.75) is 19.9 Å². The highest BCUT2D eigenvalue weighted by atomic mass is 16.4. The standard InChI is InChI=1S/C12H15NO4/c1-7-3-4-8(17-7)6-13(2)11(14)9-5-10(9)12(15)16/h3-4,9-10H,5-6H2,1-2H3,(H,15,16)/t9-,10+/m1/s1. The molecule has 0 saturated heterocycles. The van der Waals surface area contributed by atoms with Gasteiger partial charge in [0.25, 0.3) is 0 Å². The summed E-state index contributed by atoms with van der Waals surface area (Å²) in [4.78, 5) is 24.0. The maximum Gasteiger partial charge on any atom is 0.307 e. The molecule has 0 radical (unpaired) electrons. The summed E-state index contributed by atoms with van der Waals surface area (Å²) >= 11 is 0. The summed E-state index contributed by atoms with van der Waals surface area (Å²) in [6.45, 7) is 2.22. The van der Waals surface area contributed by atoms with E-state index in [1.54, 1.807) is 7.05 Å². The summed E-state index contributed by atoms with van der Waals surface area (Å²) in [7, 11) is 1.66. The first-order valence-corrected chi connectivity index (χ1v) is 5.52. The lowest BCUT2D eigenvalue weighted by atomic mass is 10.3. The minimum atomic E-state index is -0.884. The molecule has 1 aromatic heterocycles. The highest BCUT2D eigenvalue weighted by molar-refractivity contribution is 5.89. The zero-order chi connectivity index (χ0) is 12.6. The second-order valence-electron chi connectivity index (χ2n) is 4.49. The Balaban J connectivity index is 1.91. The Morgan fingerprint density at radius 1 is 1.47 bits per heavy atom. The van der Waals surface area contributed by atoms with Gasteiger partial charge in [0.15, 0.2) is 0 Å². The third-order valence-corrected chi connectivity index (χ3v) is 2.99. The summed E-state index contributed by atoms with van der Waals surface area (Å²) < 4.78 is 5.37. The Morgan fingerprint density at radius 2 is 2.18 bits per heavy atom. The molecule has 5 heteroatoms. The van der Waals surface area contributed by atoms with E-state index in [2.05, 4.69) is 0 Å². The van der Waals surface area contributed by atoms with Crippen LogP contribution in [0.1, 0.15) is 17.9 Å². The number of carbonyl (C=O) groups is 2. The Kier molecular flexibility index (Phi) is 2.92. The molecule has 92 valence electrons. The van der Waals surface area contributed by atoms with Crippen LogP contribution in [0.3, 0.4) is 0 Å². The number of carboxylic acid groups (broad SMARTS) is 1. The van der Waals surface area contributed by atoms with Gasteiger partial charge in [0.05, 0.1) is 18.4 Å². The lowest BCUT2D eigenvalue weighted by Gasteiger charge is -2.15. The first kappa shape index (κ1) is 11.7. The molecular weight excluding hydrogens is 222 g/mol. The normalized spacial score (nSPS) is 22.2. The third-order valence-electron chi connectivity index (χ3n) is 2.99. The number of nitrogens with zero attached hydrogens (tertiary/aromatic N) is 1. The van der Waals surface area contributed by atoms with Gasteiger partial charge in [-0.25, -0.2) is 0 Å². The first-order valence-electron chi connectivity index (χ1n) is 5.52. The molecule has 17 heavy (non-hydrogen) atoms. The smallest absolute Gasteiger partial charge is 0.307 e. The van der Waals surface area contributed by atoms with E-state index in [-0.39, 0.29) is 11.8 Å². The molecule has 1 amide bonds. The van der Waals surface area contributed by atoms with Gasteiger partial charge in [-0.3, -0.25) is 9.59 Å². The van der Waals surface area contributed by atoms with Crippen molar-refractivity contribution in [2.75, 3.05) is 7.05 Å². The van der Waals surface area contributed by atoms with E-state index in [0.717, 1.165) is 5.76 Å². The van der Waals surface area contributed by atoms with Crippen LogP contribution in [0.25, 0.3) is 0 Å². The largest absolute Gasteiger partial charge is 0.481 e. The molecule has 2 atom stereocenters. The van der Waals surface area contributed by atoms with E-state index < -0.39 is 11.9 Å². The number of aliphatic carboxylic acids is 1. The quantitative estimate of drug-likeness (QED) is 0.856. The first-order chi connectivity index (χ1) is 7.99. The fourth-order valence-corrected chi connectivity index (χ4v) is 1.91. The minimum absolute atomic E-state index is 0.119. The second kappa shape index (κ2) is 4.24. The molecule has 0 bridgehead atoms. The number of rotatable bonds is 4. The molecule has 1 aromatic rings. The Morgan fingerprint density at radius 3 is 2.65 bits per heavy atom. The molecule has 1 aliphatic carbocycles. The Hall–Kier alpha value is -1.78. The molecule has 0 unspecified atom stereocenters. The maximum absolute atomic E-state index is 11.9. The van der Waals surface area contributed by atoms with Crippen molar-refractivity contribution in [2.24, 2.45) is 11.8 Å². The number of carboxylic acids is 1.